The van der Waals surface area contributed by atoms with Gasteiger partial charge in [0.15, 0.2) is 0 Å². The second-order valence-corrected chi connectivity index (χ2v) is 8.63. The highest BCUT2D eigenvalue weighted by molar-refractivity contribution is 6.36. The van der Waals surface area contributed by atoms with Crippen molar-refractivity contribution in [3.8, 4) is 11.1 Å². The molecule has 3 N–H and O–H groups in total. The van der Waals surface area contributed by atoms with Gasteiger partial charge in [0.05, 0.1) is 5.57 Å². The lowest BCUT2D eigenvalue weighted by Crippen LogP contribution is -2.27. The van der Waals surface area contributed by atoms with E-state index < -0.39 is 11.6 Å². The number of aromatic amines is 1. The molecule has 4 nitrogen and oxygen atoms in total. The van der Waals surface area contributed by atoms with E-state index in [1.807, 2.05) is 6.08 Å². The number of benzene rings is 2. The molecule has 32 heavy (non-hydrogen) atoms. The average molecular weight is 434 g/mol. The van der Waals surface area contributed by atoms with Crippen LogP contribution in [-0.4, -0.2) is 24.0 Å². The molecule has 0 radical (unpaired) electrons. The van der Waals surface area contributed by atoms with Crippen LogP contribution in [0.2, 0.25) is 0 Å². The van der Waals surface area contributed by atoms with Crippen molar-refractivity contribution in [3.63, 3.8) is 0 Å². The zero-order valence-corrected chi connectivity index (χ0v) is 18.1. The van der Waals surface area contributed by atoms with Crippen LogP contribution in [0.4, 0.5) is 14.5 Å². The van der Waals surface area contributed by atoms with Crippen LogP contribution in [0.3, 0.4) is 0 Å². The predicted molar refractivity (Wildman–Crippen MR) is 123 cm³/mol. The summed E-state index contributed by atoms with van der Waals surface area (Å²) in [5, 5.41) is 6.30. The molecule has 3 aromatic rings. The topological polar surface area (TPSA) is 56.9 Å². The van der Waals surface area contributed by atoms with Gasteiger partial charge in [0.2, 0.25) is 0 Å². The number of fused-ring (bicyclic) bond motifs is 1. The Balaban J connectivity index is 1.62. The number of H-pyrrole nitrogens is 1. The Hall–Kier alpha value is -3.25. The first kappa shape index (κ1) is 20.6. The number of hydrogen-bond donors (Lipinski definition) is 3. The normalized spacial score (nSPS) is 17.6. The molecular weight excluding hydrogens is 408 g/mol. The van der Waals surface area contributed by atoms with Crippen molar-refractivity contribution in [2.45, 2.75) is 32.6 Å². The third kappa shape index (κ3) is 3.54. The van der Waals surface area contributed by atoms with E-state index >= 15 is 0 Å². The monoisotopic (exact) mass is 433 g/mol. The van der Waals surface area contributed by atoms with Gasteiger partial charge in [0.1, 0.15) is 11.6 Å². The summed E-state index contributed by atoms with van der Waals surface area (Å²) in [6.07, 6.45) is 4.05. The minimum absolute atomic E-state index is 0.223. The third-order valence-electron chi connectivity index (χ3n) is 6.57. The summed E-state index contributed by atoms with van der Waals surface area (Å²) in [5.41, 5.74) is 7.31. The Morgan fingerprint density at radius 3 is 2.47 bits per heavy atom. The van der Waals surface area contributed by atoms with Crippen LogP contribution in [-0.2, 0) is 4.79 Å². The number of nitrogens with one attached hydrogen (secondary N) is 3. The molecule has 0 atom stereocenters. The number of amides is 1. The van der Waals surface area contributed by atoms with Crippen molar-refractivity contribution in [3.05, 3.63) is 76.1 Å². The van der Waals surface area contributed by atoms with Gasteiger partial charge in [-0.2, -0.15) is 0 Å². The molecule has 1 aromatic heterocycles. The first-order chi connectivity index (χ1) is 15.4. The van der Waals surface area contributed by atoms with Crippen molar-refractivity contribution in [2.75, 3.05) is 18.4 Å². The summed E-state index contributed by atoms with van der Waals surface area (Å²) in [4.78, 5) is 16.4. The Bertz CT molecular complexity index is 1230. The molecule has 3 heterocycles. The fourth-order valence-corrected chi connectivity index (χ4v) is 5.14. The number of aryl methyl sites for hydroxylation is 1. The lowest BCUT2D eigenvalue weighted by atomic mass is 9.87. The van der Waals surface area contributed by atoms with E-state index in [1.165, 1.54) is 17.7 Å². The molecule has 0 aliphatic carbocycles. The first-order valence-corrected chi connectivity index (χ1v) is 10.9. The van der Waals surface area contributed by atoms with Crippen molar-refractivity contribution in [1.29, 1.82) is 0 Å². The van der Waals surface area contributed by atoms with Gasteiger partial charge in [0, 0.05) is 28.7 Å². The van der Waals surface area contributed by atoms with E-state index in [9.17, 15) is 13.6 Å². The third-order valence-corrected chi connectivity index (χ3v) is 6.57. The first-order valence-electron chi connectivity index (χ1n) is 10.9. The summed E-state index contributed by atoms with van der Waals surface area (Å²) >= 11 is 0. The maximum atomic E-state index is 13.9. The Kier molecular flexibility index (Phi) is 5.18. The van der Waals surface area contributed by atoms with Crippen LogP contribution < -0.4 is 10.6 Å². The molecular formula is C26H25F2N3O. The quantitative estimate of drug-likeness (QED) is 0.475. The average Bonchev–Trinajstić information content (AvgIpc) is 3.23. The van der Waals surface area contributed by atoms with Gasteiger partial charge >= 0.3 is 0 Å². The van der Waals surface area contributed by atoms with E-state index in [-0.39, 0.29) is 5.91 Å². The molecule has 2 aliphatic heterocycles. The lowest BCUT2D eigenvalue weighted by molar-refractivity contribution is -0.110. The molecule has 0 bridgehead atoms. The van der Waals surface area contributed by atoms with Crippen LogP contribution in [0, 0.1) is 25.5 Å². The standard InChI is InChI=1S/C26H25F2N3O/c1-14-23(30-15(2)24(14)16-6-8-29-9-7-16)13-21-25-20(4-3-5-22(25)31-26(21)32)17-10-18(27)12-19(28)11-17/h3-5,10-13,16,29-30H,6-9H2,1-2H3,(H,31,32)/b21-13-. The van der Waals surface area contributed by atoms with Crippen molar-refractivity contribution < 1.29 is 13.6 Å². The molecule has 0 unspecified atom stereocenters. The molecule has 164 valence electrons. The van der Waals surface area contributed by atoms with E-state index in [4.69, 9.17) is 0 Å². The Morgan fingerprint density at radius 2 is 1.75 bits per heavy atom. The molecule has 1 amide bonds. The Morgan fingerprint density at radius 1 is 1.03 bits per heavy atom. The SMILES string of the molecule is Cc1[nH]c(/C=C2\C(=O)Nc3cccc(-c4cc(F)cc(F)c4)c32)c(C)c1C1CCNCC1. The van der Waals surface area contributed by atoms with E-state index in [0.29, 0.717) is 33.9 Å². The number of aromatic nitrogens is 1. The number of carbonyl (C=O) groups is 1. The zero-order valence-electron chi connectivity index (χ0n) is 18.1. The van der Waals surface area contributed by atoms with Gasteiger partial charge in [-0.05, 0) is 92.2 Å². The fourth-order valence-electron chi connectivity index (χ4n) is 5.14. The largest absolute Gasteiger partial charge is 0.359 e. The van der Waals surface area contributed by atoms with Crippen LogP contribution >= 0.6 is 0 Å². The molecule has 0 spiro atoms. The fraction of sp³-hybridized carbons (Fsp3) is 0.269. The summed E-state index contributed by atoms with van der Waals surface area (Å²) in [5.74, 6) is -1.03. The van der Waals surface area contributed by atoms with E-state index in [1.54, 1.807) is 18.2 Å². The summed E-state index contributed by atoms with van der Waals surface area (Å²) in [7, 11) is 0. The van der Waals surface area contributed by atoms with Crippen LogP contribution in [0.15, 0.2) is 36.4 Å². The smallest absolute Gasteiger partial charge is 0.256 e. The second-order valence-electron chi connectivity index (χ2n) is 8.63. The van der Waals surface area contributed by atoms with Gasteiger partial charge in [-0.3, -0.25) is 4.79 Å². The predicted octanol–water partition coefficient (Wildman–Crippen LogP) is 5.54. The van der Waals surface area contributed by atoms with E-state index in [2.05, 4.69) is 29.5 Å². The Labute approximate surface area is 185 Å². The highest BCUT2D eigenvalue weighted by Gasteiger charge is 2.29. The zero-order chi connectivity index (χ0) is 22.4. The molecule has 1 saturated heterocycles. The molecule has 5 rings (SSSR count). The highest BCUT2D eigenvalue weighted by Crippen LogP contribution is 2.41. The number of halogens is 2. The number of rotatable bonds is 3. The summed E-state index contributed by atoms with van der Waals surface area (Å²) < 4.78 is 27.8. The van der Waals surface area contributed by atoms with Gasteiger partial charge in [-0.15, -0.1) is 0 Å². The van der Waals surface area contributed by atoms with Crippen molar-refractivity contribution >= 4 is 23.2 Å². The number of piperidine rings is 1. The van der Waals surface area contributed by atoms with E-state index in [0.717, 1.165) is 48.9 Å². The van der Waals surface area contributed by atoms with Gasteiger partial charge in [-0.1, -0.05) is 12.1 Å². The maximum Gasteiger partial charge on any atom is 0.256 e. The van der Waals surface area contributed by atoms with Gasteiger partial charge in [0.25, 0.3) is 5.91 Å². The maximum absolute atomic E-state index is 13.9. The number of hydrogen-bond acceptors (Lipinski definition) is 2. The number of anilines is 1. The molecule has 6 heteroatoms. The summed E-state index contributed by atoms with van der Waals surface area (Å²) in [6.45, 7) is 6.19. The van der Waals surface area contributed by atoms with Crippen LogP contribution in [0.25, 0.3) is 22.8 Å². The number of carbonyl (C=O) groups excluding carboxylic acids is 1. The molecule has 2 aliphatic rings. The highest BCUT2D eigenvalue weighted by atomic mass is 19.1. The second kappa shape index (κ2) is 8.02. The van der Waals surface area contributed by atoms with Gasteiger partial charge in [-0.25, -0.2) is 8.78 Å². The van der Waals surface area contributed by atoms with Crippen molar-refractivity contribution in [1.82, 2.24) is 10.3 Å². The summed E-state index contributed by atoms with van der Waals surface area (Å²) in [6, 6.07) is 8.80. The molecule has 0 saturated carbocycles. The minimum atomic E-state index is -0.650. The van der Waals surface area contributed by atoms with Crippen LogP contribution in [0.1, 0.15) is 46.8 Å². The minimum Gasteiger partial charge on any atom is -0.359 e. The molecule has 2 aromatic carbocycles. The van der Waals surface area contributed by atoms with Crippen molar-refractivity contribution in [2.24, 2.45) is 0 Å². The van der Waals surface area contributed by atoms with Gasteiger partial charge < -0.3 is 15.6 Å². The molecule has 1 fully saturated rings. The van der Waals surface area contributed by atoms with Crippen LogP contribution in [0.5, 0.6) is 0 Å². The lowest BCUT2D eigenvalue weighted by Gasteiger charge is -2.23.